The van der Waals surface area contributed by atoms with Crippen molar-refractivity contribution in [3.05, 3.63) is 93.5 Å². The Kier molecular flexibility index (Phi) is 7.40. The number of carbonyl (C=O) groups is 1. The lowest BCUT2D eigenvalue weighted by Gasteiger charge is -2.27. The van der Waals surface area contributed by atoms with Crippen LogP contribution in [0.25, 0.3) is 0 Å². The number of hydrogen-bond donors (Lipinski definition) is 0. The number of carbonyl (C=O) groups excluding carboxylic acids is 1. The second-order valence-electron chi connectivity index (χ2n) is 11.8. The van der Waals surface area contributed by atoms with Crippen molar-refractivity contribution in [3.63, 3.8) is 0 Å². The van der Waals surface area contributed by atoms with E-state index in [1.54, 1.807) is 0 Å². The van der Waals surface area contributed by atoms with Crippen LogP contribution in [0.5, 0.6) is 0 Å². The zero-order valence-corrected chi connectivity index (χ0v) is 22.7. The second kappa shape index (κ2) is 10.7. The fraction of sp³-hybridized carbons (Fsp3) is 0.485. The Bertz CT molecular complexity index is 1280. The van der Waals surface area contributed by atoms with Gasteiger partial charge in [0, 0.05) is 5.92 Å². The van der Waals surface area contributed by atoms with E-state index in [2.05, 4.69) is 47.2 Å². The maximum absolute atomic E-state index is 13.0. The molecule has 0 amide bonds. The fourth-order valence-electron chi connectivity index (χ4n) is 5.82. The van der Waals surface area contributed by atoms with Gasteiger partial charge in [-0.3, -0.25) is 4.79 Å². The van der Waals surface area contributed by atoms with Gasteiger partial charge in [0.05, 0.1) is 12.1 Å². The molecule has 0 aliphatic heterocycles. The molecule has 4 aliphatic rings. The summed E-state index contributed by atoms with van der Waals surface area (Å²) in [5, 5.41) is 0. The fourth-order valence-corrected chi connectivity index (χ4v) is 5.82. The van der Waals surface area contributed by atoms with E-state index in [9.17, 15) is 4.79 Å². The Morgan fingerprint density at radius 2 is 2.03 bits per heavy atom. The van der Waals surface area contributed by atoms with Crippen LogP contribution in [-0.4, -0.2) is 16.6 Å². The first kappa shape index (κ1) is 25.5. The van der Waals surface area contributed by atoms with Gasteiger partial charge in [-0.1, -0.05) is 30.4 Å². The highest BCUT2D eigenvalue weighted by Gasteiger charge is 2.30. The number of oxazole rings is 1. The number of esters is 1. The Balaban J connectivity index is 1.51. The first-order valence-electron chi connectivity index (χ1n) is 13.9. The normalized spacial score (nSPS) is 24.3. The summed E-state index contributed by atoms with van der Waals surface area (Å²) in [6.07, 6.45) is 23.8. The molecule has 37 heavy (non-hydrogen) atoms. The van der Waals surface area contributed by atoms with E-state index in [-0.39, 0.29) is 17.8 Å². The molecule has 4 aliphatic carbocycles. The lowest BCUT2D eigenvalue weighted by atomic mass is 9.80. The van der Waals surface area contributed by atoms with Crippen LogP contribution < -0.4 is 0 Å². The average Bonchev–Trinajstić information content (AvgIpc) is 3.41. The largest absolute Gasteiger partial charge is 0.460 e. The Morgan fingerprint density at radius 3 is 2.81 bits per heavy atom. The van der Waals surface area contributed by atoms with Gasteiger partial charge in [-0.25, -0.2) is 4.98 Å². The van der Waals surface area contributed by atoms with Crippen LogP contribution in [-0.2, 0) is 9.53 Å². The van der Waals surface area contributed by atoms with E-state index in [0.29, 0.717) is 0 Å². The quantitative estimate of drug-likeness (QED) is 0.311. The van der Waals surface area contributed by atoms with Gasteiger partial charge in [-0.2, -0.15) is 0 Å². The van der Waals surface area contributed by atoms with Crippen molar-refractivity contribution in [1.29, 1.82) is 0 Å². The first-order valence-corrected chi connectivity index (χ1v) is 13.9. The Labute approximate surface area is 221 Å². The van der Waals surface area contributed by atoms with E-state index in [0.717, 1.165) is 69.4 Å². The van der Waals surface area contributed by atoms with Gasteiger partial charge in [0.25, 0.3) is 0 Å². The van der Waals surface area contributed by atoms with Gasteiger partial charge in [-0.05, 0) is 125 Å². The smallest absolute Gasteiger partial charge is 0.309 e. The average molecular weight is 498 g/mol. The van der Waals surface area contributed by atoms with Crippen molar-refractivity contribution >= 4 is 5.97 Å². The zero-order chi connectivity index (χ0) is 26.0. The lowest BCUT2D eigenvalue weighted by Crippen LogP contribution is -2.29. The Morgan fingerprint density at radius 1 is 1.16 bits per heavy atom. The predicted octanol–water partition coefficient (Wildman–Crippen LogP) is 8.30. The number of aryl methyl sites for hydroxylation is 1. The van der Waals surface area contributed by atoms with E-state index in [4.69, 9.17) is 9.15 Å². The van der Waals surface area contributed by atoms with Crippen LogP contribution in [0.2, 0.25) is 0 Å². The zero-order valence-electron chi connectivity index (χ0n) is 22.7. The molecule has 0 N–H and O–H groups in total. The minimum absolute atomic E-state index is 0.0544. The number of hydrogen-bond acceptors (Lipinski definition) is 4. The third kappa shape index (κ3) is 6.08. The van der Waals surface area contributed by atoms with Gasteiger partial charge >= 0.3 is 5.97 Å². The molecule has 1 fully saturated rings. The Hall–Kier alpha value is -3.10. The molecule has 0 spiro atoms. The molecule has 1 saturated carbocycles. The van der Waals surface area contributed by atoms with Crippen LogP contribution in [0.15, 0.2) is 86.2 Å². The minimum Gasteiger partial charge on any atom is -0.460 e. The highest BCUT2D eigenvalue weighted by Crippen LogP contribution is 2.43. The van der Waals surface area contributed by atoms with Crippen LogP contribution in [0.4, 0.5) is 0 Å². The molecule has 1 aromatic heterocycles. The van der Waals surface area contributed by atoms with Crippen molar-refractivity contribution in [2.24, 2.45) is 5.92 Å². The molecule has 2 unspecified atom stereocenters. The molecular formula is C33H39NO3. The van der Waals surface area contributed by atoms with Gasteiger partial charge in [0.2, 0.25) is 0 Å². The molecule has 194 valence electrons. The molecule has 0 aromatic carbocycles. The summed E-state index contributed by atoms with van der Waals surface area (Å²) in [6, 6.07) is 0. The first-order chi connectivity index (χ1) is 17.8. The summed E-state index contributed by atoms with van der Waals surface area (Å²) in [5.41, 5.74) is 11.2. The van der Waals surface area contributed by atoms with Gasteiger partial charge in [0.15, 0.2) is 5.89 Å². The molecular weight excluding hydrogens is 458 g/mol. The van der Waals surface area contributed by atoms with Crippen molar-refractivity contribution in [1.82, 2.24) is 4.98 Å². The van der Waals surface area contributed by atoms with Crippen LogP contribution in [0.1, 0.15) is 96.1 Å². The molecule has 1 aromatic rings. The van der Waals surface area contributed by atoms with E-state index in [1.807, 2.05) is 33.9 Å². The van der Waals surface area contributed by atoms with Crippen LogP contribution in [0.3, 0.4) is 0 Å². The van der Waals surface area contributed by atoms with Gasteiger partial charge in [-0.15, -0.1) is 5.73 Å². The third-order valence-corrected chi connectivity index (χ3v) is 7.68. The van der Waals surface area contributed by atoms with Crippen molar-refractivity contribution in [2.75, 3.05) is 0 Å². The molecule has 0 bridgehead atoms. The topological polar surface area (TPSA) is 52.3 Å². The molecule has 5 rings (SSSR count). The maximum Gasteiger partial charge on any atom is 0.309 e. The van der Waals surface area contributed by atoms with Crippen molar-refractivity contribution < 1.29 is 13.9 Å². The lowest BCUT2D eigenvalue weighted by molar-refractivity contribution is -0.160. The number of fused-ring (bicyclic) bond motifs is 2. The predicted molar refractivity (Wildman–Crippen MR) is 147 cm³/mol. The number of nitrogens with zero attached hydrogens (tertiary/aromatic N) is 1. The minimum atomic E-state index is -0.458. The molecule has 1 heterocycles. The summed E-state index contributed by atoms with van der Waals surface area (Å²) in [4.78, 5) is 17.5. The summed E-state index contributed by atoms with van der Waals surface area (Å²) >= 11 is 0. The SMILES string of the molecule is Cc1cnc(C2CC=C(C3=C4CCC(C(=O)OC(C)(C)C)CCCC4=C=CC4=CC=CCCC4=C3)C2)o1. The molecule has 0 saturated heterocycles. The molecule has 4 nitrogen and oxygen atoms in total. The maximum atomic E-state index is 13.0. The number of aromatic nitrogens is 1. The summed E-state index contributed by atoms with van der Waals surface area (Å²) in [5.74, 6) is 1.86. The van der Waals surface area contributed by atoms with E-state index < -0.39 is 5.60 Å². The third-order valence-electron chi connectivity index (χ3n) is 7.68. The number of allylic oxidation sites excluding steroid dienone is 11. The molecule has 4 heteroatoms. The summed E-state index contributed by atoms with van der Waals surface area (Å²) in [7, 11) is 0. The molecule has 0 radical (unpaired) electrons. The van der Waals surface area contributed by atoms with Crippen molar-refractivity contribution in [2.45, 2.75) is 97.0 Å². The summed E-state index contributed by atoms with van der Waals surface area (Å²) in [6.45, 7) is 7.81. The molecule has 2 atom stereocenters. The van der Waals surface area contributed by atoms with Crippen LogP contribution in [0, 0.1) is 12.8 Å². The van der Waals surface area contributed by atoms with Gasteiger partial charge in [0.1, 0.15) is 11.4 Å². The van der Waals surface area contributed by atoms with Gasteiger partial charge < -0.3 is 9.15 Å². The monoisotopic (exact) mass is 497 g/mol. The standard InChI is InChI=1S/C33H39NO3/c1-22-21-34-31(36-22)28-16-15-27(19-28)30-20-26-10-7-5-6-9-23(26)13-14-24-11-8-12-25(17-18-29(24)30)32(35)37-33(2,3)4/h5-6,9,13,15,20-21,25,28H,7-8,10-12,16-19H2,1-4H3. The highest BCUT2D eigenvalue weighted by molar-refractivity contribution is 5.73. The number of ether oxygens (including phenoxy) is 1. The number of rotatable bonds is 3. The van der Waals surface area contributed by atoms with Crippen molar-refractivity contribution in [3.8, 4) is 0 Å². The highest BCUT2D eigenvalue weighted by atomic mass is 16.6. The summed E-state index contributed by atoms with van der Waals surface area (Å²) < 4.78 is 11.7. The second-order valence-corrected chi connectivity index (χ2v) is 11.8. The van der Waals surface area contributed by atoms with E-state index in [1.165, 1.54) is 33.4 Å². The van der Waals surface area contributed by atoms with Crippen LogP contribution >= 0.6 is 0 Å². The van der Waals surface area contributed by atoms with E-state index >= 15 is 0 Å².